The summed E-state index contributed by atoms with van der Waals surface area (Å²) in [6, 6.07) is 14.5. The summed E-state index contributed by atoms with van der Waals surface area (Å²) in [7, 11) is 0. The molecule has 1 atom stereocenters. The fraction of sp³-hybridized carbons (Fsp3) is 0.526. The Bertz CT molecular complexity index is 1670. The molecule has 7 rings (SSSR count). The van der Waals surface area contributed by atoms with Gasteiger partial charge in [0.15, 0.2) is 0 Å². The first-order chi connectivity index (χ1) is 22.7. The number of rotatable bonds is 6. The molecule has 252 valence electrons. The van der Waals surface area contributed by atoms with Crippen LogP contribution in [0.3, 0.4) is 0 Å². The van der Waals surface area contributed by atoms with Crippen LogP contribution in [0.15, 0.2) is 48.7 Å². The van der Waals surface area contributed by atoms with E-state index in [9.17, 15) is 19.6 Å². The Hall–Kier alpha value is -3.43. The Morgan fingerprint density at radius 3 is 2.10 bits per heavy atom. The summed E-state index contributed by atoms with van der Waals surface area (Å²) in [5.74, 6) is -0.357. The third kappa shape index (κ3) is 5.60. The molecular weight excluding hydrogens is 715 g/mol. The van der Waals surface area contributed by atoms with Gasteiger partial charge in [-0.1, -0.05) is 34.3 Å². The van der Waals surface area contributed by atoms with Crippen LogP contribution in [0.4, 0.5) is 5.69 Å². The van der Waals surface area contributed by atoms with Gasteiger partial charge in [0, 0.05) is 56.2 Å². The predicted octanol–water partition coefficient (Wildman–Crippen LogP) is 6.29. The molecule has 0 radical (unpaired) electrons. The highest BCUT2D eigenvalue weighted by Crippen LogP contribution is 2.57. The van der Waals surface area contributed by atoms with E-state index in [0.717, 1.165) is 67.7 Å². The second kappa shape index (κ2) is 11.9. The molecule has 4 heterocycles. The summed E-state index contributed by atoms with van der Waals surface area (Å²) in [6.07, 6.45) is 4.07. The summed E-state index contributed by atoms with van der Waals surface area (Å²) in [5, 5.41) is 13.6. The van der Waals surface area contributed by atoms with Crippen LogP contribution >= 0.6 is 22.9 Å². The van der Waals surface area contributed by atoms with Gasteiger partial charge in [0.2, 0.25) is 0 Å². The standard InChI is InChI=1S/C38H45IN6O3/c1-24-6-9-29(18-41-24)44-33(47)30-16-26-19-42(20-27(26)17-31(30)34(44)48)23-38(22-40)12-14-43(15-13-38)28-10-7-25(8-11-28)32(46)45(39)35-36(2,3)21-37(35,4)5/h7-8,10-11,16-17,29,35,41H,1,6,9,12-15,18-21,23H2,2-5H3. The van der Waals surface area contributed by atoms with E-state index < -0.39 is 5.41 Å². The van der Waals surface area contributed by atoms with Gasteiger partial charge in [0.05, 0.1) is 57.6 Å². The number of nitrogens with zero attached hydrogens (tertiary/aromatic N) is 5. The number of halogens is 1. The zero-order valence-corrected chi connectivity index (χ0v) is 30.6. The van der Waals surface area contributed by atoms with Crippen molar-refractivity contribution in [2.75, 3.05) is 31.1 Å². The van der Waals surface area contributed by atoms with E-state index in [2.05, 4.69) is 78.3 Å². The fourth-order valence-electron chi connectivity index (χ4n) is 9.57. The lowest BCUT2D eigenvalue weighted by Crippen LogP contribution is -2.62. The Balaban J connectivity index is 0.961. The average Bonchev–Trinajstić information content (AvgIpc) is 3.55. The number of benzene rings is 2. The molecule has 1 unspecified atom stereocenters. The van der Waals surface area contributed by atoms with Crippen LogP contribution < -0.4 is 10.2 Å². The van der Waals surface area contributed by atoms with Gasteiger partial charge in [-0.2, -0.15) is 5.26 Å². The van der Waals surface area contributed by atoms with Crippen molar-refractivity contribution in [3.63, 3.8) is 0 Å². The number of allylic oxidation sites excluding steroid dienone is 1. The highest BCUT2D eigenvalue weighted by molar-refractivity contribution is 14.1. The third-order valence-corrected chi connectivity index (χ3v) is 12.5. The normalized spacial score (nSPS) is 24.4. The summed E-state index contributed by atoms with van der Waals surface area (Å²) in [5.41, 5.74) is 5.59. The molecule has 3 amide bonds. The molecule has 1 saturated carbocycles. The van der Waals surface area contributed by atoms with Gasteiger partial charge in [-0.3, -0.25) is 27.3 Å². The molecule has 5 aliphatic rings. The van der Waals surface area contributed by atoms with Crippen molar-refractivity contribution in [2.45, 2.75) is 85.0 Å². The van der Waals surface area contributed by atoms with Crippen molar-refractivity contribution in [1.29, 1.82) is 5.26 Å². The van der Waals surface area contributed by atoms with Crippen molar-refractivity contribution in [1.82, 2.24) is 18.2 Å². The van der Waals surface area contributed by atoms with Gasteiger partial charge in [-0.25, -0.2) is 0 Å². The largest absolute Gasteiger partial charge is 0.387 e. The molecule has 1 N–H and O–H groups in total. The van der Waals surface area contributed by atoms with E-state index in [4.69, 9.17) is 0 Å². The number of carbonyl (C=O) groups is 3. The predicted molar refractivity (Wildman–Crippen MR) is 193 cm³/mol. The van der Waals surface area contributed by atoms with Gasteiger partial charge in [-0.05, 0) is 90.5 Å². The Labute approximate surface area is 297 Å². The number of imide groups is 1. The zero-order valence-electron chi connectivity index (χ0n) is 28.4. The molecule has 4 aliphatic heterocycles. The number of nitrogens with one attached hydrogen (secondary N) is 1. The first-order valence-electron chi connectivity index (χ1n) is 17.2. The van der Waals surface area contributed by atoms with Crippen molar-refractivity contribution in [3.05, 3.63) is 76.5 Å². The molecule has 0 aromatic heterocycles. The van der Waals surface area contributed by atoms with Crippen molar-refractivity contribution >= 4 is 46.3 Å². The van der Waals surface area contributed by atoms with Crippen LogP contribution in [0.2, 0.25) is 0 Å². The van der Waals surface area contributed by atoms with Crippen LogP contribution in [0, 0.1) is 27.6 Å². The number of amides is 3. The lowest BCUT2D eigenvalue weighted by atomic mass is 9.52. The van der Waals surface area contributed by atoms with Gasteiger partial charge in [0.1, 0.15) is 0 Å². The maximum atomic E-state index is 13.4. The number of carbonyl (C=O) groups excluding carboxylic acids is 3. The third-order valence-electron chi connectivity index (χ3n) is 11.5. The number of fused-ring (bicyclic) bond motifs is 2. The van der Waals surface area contributed by atoms with E-state index >= 15 is 0 Å². The van der Waals surface area contributed by atoms with E-state index in [-0.39, 0.29) is 40.6 Å². The van der Waals surface area contributed by atoms with Crippen LogP contribution in [0.25, 0.3) is 0 Å². The fourth-order valence-corrected chi connectivity index (χ4v) is 11.4. The minimum atomic E-state index is -0.471. The minimum Gasteiger partial charge on any atom is -0.387 e. The average molecular weight is 761 g/mol. The molecule has 0 spiro atoms. The van der Waals surface area contributed by atoms with Gasteiger partial charge < -0.3 is 10.2 Å². The number of hydrogen-bond acceptors (Lipinski definition) is 7. The van der Waals surface area contributed by atoms with E-state index in [1.54, 1.807) is 0 Å². The SMILES string of the molecule is C=C1CCC(N2C(=O)c3cc4c(cc3C2=O)CN(CC2(C#N)CCN(c3ccc(C(=O)N(I)C5C(C)(C)CC5(C)C)cc3)CC2)C4)CN1. The van der Waals surface area contributed by atoms with Crippen LogP contribution in [0.1, 0.15) is 102 Å². The summed E-state index contributed by atoms with van der Waals surface area (Å²) < 4.78 is 1.90. The van der Waals surface area contributed by atoms with Gasteiger partial charge in [-0.15, -0.1) is 0 Å². The van der Waals surface area contributed by atoms with Crippen molar-refractivity contribution in [3.8, 4) is 6.07 Å². The first kappa shape index (κ1) is 33.1. The Kier molecular flexibility index (Phi) is 8.18. The van der Waals surface area contributed by atoms with Crippen molar-refractivity contribution in [2.24, 2.45) is 16.2 Å². The molecule has 1 aliphatic carbocycles. The molecule has 3 fully saturated rings. The molecule has 2 aromatic carbocycles. The Morgan fingerprint density at radius 2 is 1.60 bits per heavy atom. The lowest BCUT2D eigenvalue weighted by Gasteiger charge is -2.59. The van der Waals surface area contributed by atoms with Crippen LogP contribution in [-0.4, -0.2) is 68.9 Å². The molecular formula is C38H45IN6O3. The number of hydrogen-bond donors (Lipinski definition) is 1. The summed E-state index contributed by atoms with van der Waals surface area (Å²) in [4.78, 5) is 46.2. The number of piperidine rings is 2. The van der Waals surface area contributed by atoms with E-state index in [1.807, 2.05) is 39.5 Å². The minimum absolute atomic E-state index is 0.0474. The molecule has 9 nitrogen and oxygen atoms in total. The van der Waals surface area contributed by atoms with E-state index in [1.165, 1.54) is 4.90 Å². The lowest BCUT2D eigenvalue weighted by molar-refractivity contribution is -0.0630. The molecule has 2 aromatic rings. The maximum absolute atomic E-state index is 13.4. The zero-order chi connectivity index (χ0) is 34.2. The monoisotopic (exact) mass is 760 g/mol. The molecule has 10 heteroatoms. The highest BCUT2D eigenvalue weighted by Gasteiger charge is 2.56. The van der Waals surface area contributed by atoms with Crippen LogP contribution in [0.5, 0.6) is 0 Å². The quantitative estimate of drug-likeness (QED) is 0.210. The molecule has 2 saturated heterocycles. The smallest absolute Gasteiger partial charge is 0.262 e. The summed E-state index contributed by atoms with van der Waals surface area (Å²) >= 11 is 2.20. The molecule has 0 bridgehead atoms. The van der Waals surface area contributed by atoms with Crippen LogP contribution in [-0.2, 0) is 13.1 Å². The number of anilines is 1. The van der Waals surface area contributed by atoms with Gasteiger partial charge >= 0.3 is 0 Å². The Morgan fingerprint density at radius 1 is 1.02 bits per heavy atom. The van der Waals surface area contributed by atoms with Crippen molar-refractivity contribution < 1.29 is 14.4 Å². The maximum Gasteiger partial charge on any atom is 0.262 e. The van der Waals surface area contributed by atoms with E-state index in [0.29, 0.717) is 42.9 Å². The highest BCUT2D eigenvalue weighted by atomic mass is 127. The molecule has 48 heavy (non-hydrogen) atoms. The summed E-state index contributed by atoms with van der Waals surface area (Å²) in [6.45, 7) is 17.0. The van der Waals surface area contributed by atoms with Gasteiger partial charge in [0.25, 0.3) is 17.7 Å². The second-order valence-electron chi connectivity index (χ2n) is 16.1. The topological polar surface area (TPSA) is 100.0 Å². The second-order valence-corrected chi connectivity index (χ2v) is 17.1. The number of nitriles is 1. The first-order valence-corrected chi connectivity index (χ1v) is 18.1.